The van der Waals surface area contributed by atoms with Crippen LogP contribution in [0.3, 0.4) is 0 Å². The summed E-state index contributed by atoms with van der Waals surface area (Å²) in [6.45, 7) is 1.99. The molecule has 1 aliphatic rings. The van der Waals surface area contributed by atoms with Gasteiger partial charge in [-0.25, -0.2) is 0 Å². The lowest BCUT2D eigenvalue weighted by molar-refractivity contribution is -0.119. The van der Waals surface area contributed by atoms with Crippen LogP contribution in [0, 0.1) is 0 Å². The van der Waals surface area contributed by atoms with Crippen LogP contribution in [0.1, 0.15) is 36.9 Å². The molecule has 0 bridgehead atoms. The number of carbonyl (C=O) groups is 1. The van der Waals surface area contributed by atoms with Gasteiger partial charge in [-0.3, -0.25) is 9.78 Å². The fraction of sp³-hybridized carbons (Fsp3) is 0.263. The van der Waals surface area contributed by atoms with Gasteiger partial charge in [0.25, 0.3) is 0 Å². The van der Waals surface area contributed by atoms with Gasteiger partial charge < -0.3 is 10.3 Å². The standard InChI is InChI=1S/C19H18ClN3O/c1-11(24)21-10-15-6-14-7-17(20)16(8-19(14)23-15)18-5-4-13(9-22-18)12-2-3-12/h4-9,12,23H,2-3,10H2,1H3,(H,21,24). The summed E-state index contributed by atoms with van der Waals surface area (Å²) in [5.41, 5.74) is 5.05. The van der Waals surface area contributed by atoms with Crippen molar-refractivity contribution in [1.29, 1.82) is 0 Å². The van der Waals surface area contributed by atoms with Crippen LogP contribution in [0.5, 0.6) is 0 Å². The molecule has 5 heteroatoms. The minimum absolute atomic E-state index is 0.0488. The molecular weight excluding hydrogens is 322 g/mol. The Labute approximate surface area is 145 Å². The molecule has 0 atom stereocenters. The summed E-state index contributed by atoms with van der Waals surface area (Å²) in [7, 11) is 0. The second-order valence-corrected chi connectivity index (χ2v) is 6.78. The molecule has 3 aromatic rings. The highest BCUT2D eigenvalue weighted by molar-refractivity contribution is 6.34. The molecule has 1 aliphatic carbocycles. The third-order valence-electron chi connectivity index (χ3n) is 4.40. The average molecular weight is 340 g/mol. The van der Waals surface area contributed by atoms with Crippen LogP contribution in [0.4, 0.5) is 0 Å². The summed E-state index contributed by atoms with van der Waals surface area (Å²) in [5.74, 6) is 0.650. The normalized spacial score (nSPS) is 14.1. The fourth-order valence-corrected chi connectivity index (χ4v) is 3.22. The number of benzene rings is 1. The van der Waals surface area contributed by atoms with E-state index in [9.17, 15) is 4.79 Å². The zero-order chi connectivity index (χ0) is 16.7. The highest BCUT2D eigenvalue weighted by atomic mass is 35.5. The van der Waals surface area contributed by atoms with Crippen molar-refractivity contribution in [2.24, 2.45) is 0 Å². The maximum absolute atomic E-state index is 11.1. The van der Waals surface area contributed by atoms with E-state index in [2.05, 4.69) is 21.4 Å². The number of amides is 1. The van der Waals surface area contributed by atoms with Crippen LogP contribution in [-0.4, -0.2) is 15.9 Å². The molecule has 0 radical (unpaired) electrons. The fourth-order valence-electron chi connectivity index (χ4n) is 2.95. The Bertz CT molecular complexity index is 910. The number of aromatic amines is 1. The lowest BCUT2D eigenvalue weighted by atomic mass is 10.1. The van der Waals surface area contributed by atoms with Gasteiger partial charge in [0.15, 0.2) is 0 Å². The Morgan fingerprint density at radius 1 is 1.33 bits per heavy atom. The molecule has 0 spiro atoms. The lowest BCUT2D eigenvalue weighted by Gasteiger charge is -2.05. The molecular formula is C19H18ClN3O. The predicted molar refractivity (Wildman–Crippen MR) is 96.0 cm³/mol. The second-order valence-electron chi connectivity index (χ2n) is 6.37. The van der Waals surface area contributed by atoms with E-state index in [1.807, 2.05) is 30.5 Å². The average Bonchev–Trinajstić information content (AvgIpc) is 3.33. The number of halogens is 1. The van der Waals surface area contributed by atoms with E-state index in [4.69, 9.17) is 11.6 Å². The number of hydrogen-bond donors (Lipinski definition) is 2. The van der Waals surface area contributed by atoms with Crippen molar-refractivity contribution in [1.82, 2.24) is 15.3 Å². The van der Waals surface area contributed by atoms with Gasteiger partial charge in [-0.1, -0.05) is 17.7 Å². The molecule has 1 amide bonds. The minimum atomic E-state index is -0.0488. The number of pyridine rings is 1. The Balaban J connectivity index is 1.67. The monoisotopic (exact) mass is 339 g/mol. The topological polar surface area (TPSA) is 57.8 Å². The number of fused-ring (bicyclic) bond motifs is 1. The third kappa shape index (κ3) is 3.02. The molecule has 1 fully saturated rings. The first kappa shape index (κ1) is 15.2. The summed E-state index contributed by atoms with van der Waals surface area (Å²) in [5, 5.41) is 4.50. The maximum atomic E-state index is 11.1. The van der Waals surface area contributed by atoms with Gasteiger partial charge in [-0.05, 0) is 48.6 Å². The molecule has 0 unspecified atom stereocenters. The minimum Gasteiger partial charge on any atom is -0.357 e. The molecule has 2 N–H and O–H groups in total. The van der Waals surface area contributed by atoms with E-state index in [0.29, 0.717) is 17.5 Å². The van der Waals surface area contributed by atoms with Crippen LogP contribution in [0.15, 0.2) is 36.5 Å². The zero-order valence-corrected chi connectivity index (χ0v) is 14.2. The number of nitrogens with one attached hydrogen (secondary N) is 2. The highest BCUT2D eigenvalue weighted by Crippen LogP contribution is 2.40. The zero-order valence-electron chi connectivity index (χ0n) is 13.4. The first-order valence-electron chi connectivity index (χ1n) is 8.12. The van der Waals surface area contributed by atoms with Gasteiger partial charge in [-0.2, -0.15) is 0 Å². The second kappa shape index (κ2) is 5.95. The molecule has 0 aliphatic heterocycles. The van der Waals surface area contributed by atoms with Crippen molar-refractivity contribution in [3.63, 3.8) is 0 Å². The quantitative estimate of drug-likeness (QED) is 0.740. The Hall–Kier alpha value is -2.33. The van der Waals surface area contributed by atoms with Crippen molar-refractivity contribution < 1.29 is 4.79 Å². The molecule has 4 nitrogen and oxygen atoms in total. The van der Waals surface area contributed by atoms with Crippen molar-refractivity contribution in [3.8, 4) is 11.3 Å². The van der Waals surface area contributed by atoms with E-state index in [1.165, 1.54) is 25.3 Å². The predicted octanol–water partition coefficient (Wildman–Crippen LogP) is 4.40. The van der Waals surface area contributed by atoms with E-state index in [1.54, 1.807) is 0 Å². The van der Waals surface area contributed by atoms with Crippen LogP contribution in [0.25, 0.3) is 22.2 Å². The van der Waals surface area contributed by atoms with Gasteiger partial charge >= 0.3 is 0 Å². The van der Waals surface area contributed by atoms with Gasteiger partial charge in [0.1, 0.15) is 0 Å². The van der Waals surface area contributed by atoms with Gasteiger partial charge in [-0.15, -0.1) is 0 Å². The van der Waals surface area contributed by atoms with E-state index in [0.717, 1.165) is 27.9 Å². The molecule has 122 valence electrons. The molecule has 2 aromatic heterocycles. The Morgan fingerprint density at radius 2 is 2.17 bits per heavy atom. The first-order chi connectivity index (χ1) is 11.6. The molecule has 1 saturated carbocycles. The molecule has 0 saturated heterocycles. The molecule has 24 heavy (non-hydrogen) atoms. The number of H-pyrrole nitrogens is 1. The summed E-state index contributed by atoms with van der Waals surface area (Å²) < 4.78 is 0. The largest absolute Gasteiger partial charge is 0.357 e. The maximum Gasteiger partial charge on any atom is 0.217 e. The summed E-state index contributed by atoms with van der Waals surface area (Å²) in [6, 6.07) is 10.2. The number of rotatable bonds is 4. The SMILES string of the molecule is CC(=O)NCc1cc2cc(Cl)c(-c3ccc(C4CC4)cn3)cc2[nH]1. The smallest absolute Gasteiger partial charge is 0.217 e. The van der Waals surface area contributed by atoms with Crippen LogP contribution >= 0.6 is 11.6 Å². The number of carbonyl (C=O) groups excluding carboxylic acids is 1. The van der Waals surface area contributed by atoms with Gasteiger partial charge in [0.05, 0.1) is 17.3 Å². The van der Waals surface area contributed by atoms with Crippen LogP contribution < -0.4 is 5.32 Å². The van der Waals surface area contributed by atoms with Gasteiger partial charge in [0, 0.05) is 35.3 Å². The summed E-state index contributed by atoms with van der Waals surface area (Å²) in [6.07, 6.45) is 4.50. The number of nitrogens with zero attached hydrogens (tertiary/aromatic N) is 1. The molecule has 2 heterocycles. The Kier molecular flexibility index (Phi) is 3.77. The van der Waals surface area contributed by atoms with Crippen molar-refractivity contribution in [2.75, 3.05) is 0 Å². The summed E-state index contributed by atoms with van der Waals surface area (Å²) in [4.78, 5) is 19.0. The van der Waals surface area contributed by atoms with Crippen LogP contribution in [-0.2, 0) is 11.3 Å². The van der Waals surface area contributed by atoms with Crippen molar-refractivity contribution in [3.05, 3.63) is 52.8 Å². The highest BCUT2D eigenvalue weighted by Gasteiger charge is 2.23. The molecule has 1 aromatic carbocycles. The number of hydrogen-bond acceptors (Lipinski definition) is 2. The lowest BCUT2D eigenvalue weighted by Crippen LogP contribution is -2.18. The molecule has 4 rings (SSSR count). The Morgan fingerprint density at radius 3 is 2.83 bits per heavy atom. The van der Waals surface area contributed by atoms with E-state index >= 15 is 0 Å². The van der Waals surface area contributed by atoms with Crippen molar-refractivity contribution >= 4 is 28.4 Å². The third-order valence-corrected chi connectivity index (χ3v) is 4.72. The van der Waals surface area contributed by atoms with E-state index < -0.39 is 0 Å². The van der Waals surface area contributed by atoms with Gasteiger partial charge in [0.2, 0.25) is 5.91 Å². The van der Waals surface area contributed by atoms with E-state index in [-0.39, 0.29) is 5.91 Å². The van der Waals surface area contributed by atoms with Crippen molar-refractivity contribution in [2.45, 2.75) is 32.2 Å². The first-order valence-corrected chi connectivity index (χ1v) is 8.50. The van der Waals surface area contributed by atoms with Crippen LogP contribution in [0.2, 0.25) is 5.02 Å². The number of aromatic nitrogens is 2. The summed E-state index contributed by atoms with van der Waals surface area (Å²) >= 11 is 6.47.